The summed E-state index contributed by atoms with van der Waals surface area (Å²) in [6.07, 6.45) is 0. The van der Waals surface area contributed by atoms with E-state index >= 15 is 0 Å². The maximum atomic E-state index is 12.9. The summed E-state index contributed by atoms with van der Waals surface area (Å²) in [5.41, 5.74) is 0.780. The molecule has 0 N–H and O–H groups in total. The molecule has 0 aliphatic rings. The summed E-state index contributed by atoms with van der Waals surface area (Å²) in [5.74, 6) is 0.427. The molecule has 0 saturated heterocycles. The number of benzene rings is 1. The van der Waals surface area contributed by atoms with Crippen molar-refractivity contribution in [1.82, 2.24) is 0 Å². The maximum absolute atomic E-state index is 12.9. The molecule has 1 aromatic carbocycles. The smallest absolute Gasteiger partial charge is 0.123 e. The summed E-state index contributed by atoms with van der Waals surface area (Å²) >= 11 is 0. The van der Waals surface area contributed by atoms with E-state index in [-0.39, 0.29) is 5.82 Å². The molecular formula is C14H21FO4. The molecule has 0 unspecified atom stereocenters. The van der Waals surface area contributed by atoms with E-state index in [0.29, 0.717) is 45.4 Å². The van der Waals surface area contributed by atoms with Crippen molar-refractivity contribution in [3.63, 3.8) is 0 Å². The number of rotatable bonds is 10. The predicted octanol–water partition coefficient (Wildman–Crippen LogP) is 2.19. The minimum Gasteiger partial charge on any atom is -0.491 e. The van der Waals surface area contributed by atoms with E-state index in [9.17, 15) is 4.39 Å². The highest BCUT2D eigenvalue weighted by Crippen LogP contribution is 2.17. The summed E-state index contributed by atoms with van der Waals surface area (Å²) in [6.45, 7) is 4.95. The average Bonchev–Trinajstić information content (AvgIpc) is 2.39. The lowest BCUT2D eigenvalue weighted by Gasteiger charge is -2.09. The number of hydrogen-bond donors (Lipinski definition) is 0. The largest absolute Gasteiger partial charge is 0.491 e. The van der Waals surface area contributed by atoms with Crippen molar-refractivity contribution in [3.05, 3.63) is 29.6 Å². The Hall–Kier alpha value is -1.17. The van der Waals surface area contributed by atoms with E-state index < -0.39 is 0 Å². The molecule has 0 saturated carbocycles. The molecule has 5 heteroatoms. The monoisotopic (exact) mass is 272 g/mol. The molecule has 0 fully saturated rings. The molecule has 108 valence electrons. The Labute approximate surface area is 113 Å². The van der Waals surface area contributed by atoms with Crippen LogP contribution in [0, 0.1) is 12.7 Å². The van der Waals surface area contributed by atoms with Crippen LogP contribution < -0.4 is 4.74 Å². The summed E-state index contributed by atoms with van der Waals surface area (Å²) in [7, 11) is 1.63. The van der Waals surface area contributed by atoms with Crippen LogP contribution in [0.25, 0.3) is 0 Å². The van der Waals surface area contributed by atoms with Gasteiger partial charge in [0.2, 0.25) is 0 Å². The first-order valence-corrected chi connectivity index (χ1v) is 6.27. The lowest BCUT2D eigenvalue weighted by Crippen LogP contribution is -2.12. The van der Waals surface area contributed by atoms with Gasteiger partial charge in [-0.25, -0.2) is 4.39 Å². The highest BCUT2D eigenvalue weighted by Gasteiger charge is 2.00. The quantitative estimate of drug-likeness (QED) is 0.612. The normalized spacial score (nSPS) is 10.7. The third-order valence-corrected chi connectivity index (χ3v) is 2.43. The first kappa shape index (κ1) is 15.9. The van der Waals surface area contributed by atoms with Crippen LogP contribution in [-0.4, -0.2) is 46.8 Å². The molecule has 0 spiro atoms. The lowest BCUT2D eigenvalue weighted by atomic mass is 10.2. The SMILES string of the molecule is COCCOCCOCCOc1ccc(F)cc1C. The zero-order valence-corrected chi connectivity index (χ0v) is 11.5. The number of methoxy groups -OCH3 is 1. The summed E-state index contributed by atoms with van der Waals surface area (Å²) in [5, 5.41) is 0. The second kappa shape index (κ2) is 9.72. The van der Waals surface area contributed by atoms with Gasteiger partial charge in [0.25, 0.3) is 0 Å². The van der Waals surface area contributed by atoms with Gasteiger partial charge >= 0.3 is 0 Å². The van der Waals surface area contributed by atoms with Gasteiger partial charge in [0.05, 0.1) is 33.0 Å². The Morgan fingerprint density at radius 2 is 1.58 bits per heavy atom. The molecule has 0 aliphatic carbocycles. The van der Waals surface area contributed by atoms with Gasteiger partial charge in [-0.1, -0.05) is 0 Å². The molecule has 1 rings (SSSR count). The molecule has 0 radical (unpaired) electrons. The van der Waals surface area contributed by atoms with Crippen molar-refractivity contribution >= 4 is 0 Å². The fraction of sp³-hybridized carbons (Fsp3) is 0.571. The molecule has 19 heavy (non-hydrogen) atoms. The zero-order valence-electron chi connectivity index (χ0n) is 11.5. The van der Waals surface area contributed by atoms with Gasteiger partial charge in [0, 0.05) is 7.11 Å². The van der Waals surface area contributed by atoms with Crippen LogP contribution in [-0.2, 0) is 14.2 Å². The Bertz CT molecular complexity index is 357. The Kier molecular flexibility index (Phi) is 8.13. The van der Waals surface area contributed by atoms with Gasteiger partial charge in [-0.15, -0.1) is 0 Å². The standard InChI is InChI=1S/C14H21FO4/c1-12-11-13(15)3-4-14(12)19-10-9-18-8-7-17-6-5-16-2/h3-4,11H,5-10H2,1-2H3. The summed E-state index contributed by atoms with van der Waals surface area (Å²) in [6, 6.07) is 4.45. The van der Waals surface area contributed by atoms with Crippen molar-refractivity contribution < 1.29 is 23.3 Å². The van der Waals surface area contributed by atoms with Crippen LogP contribution in [0.15, 0.2) is 18.2 Å². The van der Waals surface area contributed by atoms with E-state index in [4.69, 9.17) is 18.9 Å². The van der Waals surface area contributed by atoms with E-state index in [1.807, 2.05) is 6.92 Å². The second-order valence-electron chi connectivity index (χ2n) is 3.98. The topological polar surface area (TPSA) is 36.9 Å². The minimum absolute atomic E-state index is 0.255. The fourth-order valence-corrected chi connectivity index (χ4v) is 1.45. The molecule has 0 amide bonds. The first-order valence-electron chi connectivity index (χ1n) is 6.27. The number of ether oxygens (including phenoxy) is 4. The van der Waals surface area contributed by atoms with E-state index in [0.717, 1.165) is 5.56 Å². The van der Waals surface area contributed by atoms with Gasteiger partial charge < -0.3 is 18.9 Å². The highest BCUT2D eigenvalue weighted by atomic mass is 19.1. The van der Waals surface area contributed by atoms with Crippen LogP contribution in [0.3, 0.4) is 0 Å². The molecular weight excluding hydrogens is 251 g/mol. The van der Waals surface area contributed by atoms with Crippen LogP contribution in [0.1, 0.15) is 5.56 Å². The van der Waals surface area contributed by atoms with Crippen molar-refractivity contribution in [2.24, 2.45) is 0 Å². The third kappa shape index (κ3) is 7.10. The van der Waals surface area contributed by atoms with Gasteiger partial charge in [-0.3, -0.25) is 0 Å². The van der Waals surface area contributed by atoms with Crippen molar-refractivity contribution in [2.45, 2.75) is 6.92 Å². The number of aryl methyl sites for hydroxylation is 1. The Morgan fingerprint density at radius 1 is 0.947 bits per heavy atom. The van der Waals surface area contributed by atoms with Crippen molar-refractivity contribution in [1.29, 1.82) is 0 Å². The predicted molar refractivity (Wildman–Crippen MR) is 70.1 cm³/mol. The molecule has 0 bridgehead atoms. The summed E-state index contributed by atoms with van der Waals surface area (Å²) < 4.78 is 33.8. The third-order valence-electron chi connectivity index (χ3n) is 2.43. The Morgan fingerprint density at radius 3 is 2.21 bits per heavy atom. The molecule has 0 atom stereocenters. The fourth-order valence-electron chi connectivity index (χ4n) is 1.45. The van der Waals surface area contributed by atoms with E-state index in [1.165, 1.54) is 12.1 Å². The molecule has 4 nitrogen and oxygen atoms in total. The van der Waals surface area contributed by atoms with Crippen LogP contribution >= 0.6 is 0 Å². The van der Waals surface area contributed by atoms with E-state index in [1.54, 1.807) is 13.2 Å². The van der Waals surface area contributed by atoms with Gasteiger partial charge in [0.15, 0.2) is 0 Å². The zero-order chi connectivity index (χ0) is 13.9. The average molecular weight is 272 g/mol. The van der Waals surface area contributed by atoms with Gasteiger partial charge in [-0.2, -0.15) is 0 Å². The van der Waals surface area contributed by atoms with Crippen molar-refractivity contribution in [3.8, 4) is 5.75 Å². The minimum atomic E-state index is -0.255. The molecule has 0 aliphatic heterocycles. The van der Waals surface area contributed by atoms with Crippen molar-refractivity contribution in [2.75, 3.05) is 46.8 Å². The molecule has 1 aromatic rings. The van der Waals surface area contributed by atoms with Crippen LogP contribution in [0.5, 0.6) is 5.75 Å². The van der Waals surface area contributed by atoms with Crippen LogP contribution in [0.2, 0.25) is 0 Å². The van der Waals surface area contributed by atoms with E-state index in [2.05, 4.69) is 0 Å². The lowest BCUT2D eigenvalue weighted by molar-refractivity contribution is 0.0179. The van der Waals surface area contributed by atoms with Gasteiger partial charge in [0.1, 0.15) is 18.2 Å². The molecule has 0 aromatic heterocycles. The van der Waals surface area contributed by atoms with Gasteiger partial charge in [-0.05, 0) is 30.7 Å². The van der Waals surface area contributed by atoms with Crippen LogP contribution in [0.4, 0.5) is 4.39 Å². The maximum Gasteiger partial charge on any atom is 0.123 e. The number of hydrogen-bond acceptors (Lipinski definition) is 4. The summed E-state index contributed by atoms with van der Waals surface area (Å²) in [4.78, 5) is 0. The number of halogens is 1. The second-order valence-corrected chi connectivity index (χ2v) is 3.98. The Balaban J connectivity index is 2.01. The highest BCUT2D eigenvalue weighted by molar-refractivity contribution is 5.32. The molecule has 0 heterocycles. The first-order chi connectivity index (χ1) is 9.24.